The number of nitrogens with one attached hydrogen (secondary N) is 1. The predicted octanol–water partition coefficient (Wildman–Crippen LogP) is 4.02. The molecule has 178 valence electrons. The van der Waals surface area contributed by atoms with Gasteiger partial charge in [0.15, 0.2) is 0 Å². The Bertz CT molecular complexity index is 1210. The Morgan fingerprint density at radius 3 is 2.59 bits per heavy atom. The summed E-state index contributed by atoms with van der Waals surface area (Å²) in [6.07, 6.45) is 4.20. The predicted molar refractivity (Wildman–Crippen MR) is 127 cm³/mol. The van der Waals surface area contributed by atoms with Crippen molar-refractivity contribution in [3.05, 3.63) is 54.2 Å². The number of ether oxygens (including phenoxy) is 1. The number of aliphatic hydroxyl groups excluding tert-OH is 1. The number of anilines is 1. The van der Waals surface area contributed by atoms with Crippen LogP contribution in [0.15, 0.2) is 42.6 Å². The van der Waals surface area contributed by atoms with Crippen LogP contribution in [0.2, 0.25) is 0 Å². The minimum Gasteiger partial charge on any atom is -0.458 e. The van der Waals surface area contributed by atoms with E-state index >= 15 is 0 Å². The van der Waals surface area contributed by atoms with Gasteiger partial charge in [-0.05, 0) is 36.4 Å². The quantitative estimate of drug-likeness (QED) is 0.549. The van der Waals surface area contributed by atoms with Crippen molar-refractivity contribution in [1.29, 1.82) is 0 Å². The normalized spacial score (nSPS) is 18.8. The van der Waals surface area contributed by atoms with Crippen molar-refractivity contribution in [3.63, 3.8) is 0 Å². The third kappa shape index (κ3) is 4.99. The number of hydrogen-bond donors (Lipinski definition) is 2. The van der Waals surface area contributed by atoms with E-state index in [-0.39, 0.29) is 17.7 Å². The molecule has 8 nitrogen and oxygen atoms in total. The lowest BCUT2D eigenvalue weighted by molar-refractivity contribution is -0.156. The van der Waals surface area contributed by atoms with Crippen molar-refractivity contribution in [2.75, 3.05) is 12.4 Å². The minimum atomic E-state index is -0.742. The second-order valence-electron chi connectivity index (χ2n) is 9.24. The fraction of sp³-hybridized carbons (Fsp3) is 0.360. The number of esters is 1. The lowest BCUT2D eigenvalue weighted by Crippen LogP contribution is -2.31. The molecule has 1 aromatic carbocycles. The average Bonchev–Trinajstić information content (AvgIpc) is 3.18. The van der Waals surface area contributed by atoms with Crippen LogP contribution in [-0.2, 0) is 14.9 Å². The topological polar surface area (TPSA) is 102 Å². The van der Waals surface area contributed by atoms with Crippen LogP contribution in [0.25, 0.3) is 28.8 Å². The van der Waals surface area contributed by atoms with Gasteiger partial charge in [-0.3, -0.25) is 4.79 Å². The van der Waals surface area contributed by atoms with Crippen LogP contribution in [0.5, 0.6) is 0 Å². The zero-order chi connectivity index (χ0) is 24.5. The molecule has 2 atom stereocenters. The number of benzene rings is 1. The van der Waals surface area contributed by atoms with Crippen molar-refractivity contribution in [3.8, 4) is 22.6 Å². The fourth-order valence-corrected chi connectivity index (χ4v) is 3.89. The second kappa shape index (κ2) is 9.34. The van der Waals surface area contributed by atoms with E-state index in [1.807, 2.05) is 25.3 Å². The Morgan fingerprint density at radius 1 is 1.21 bits per heavy atom. The molecule has 1 aliphatic heterocycles. The average molecular weight is 466 g/mol. The smallest absolute Gasteiger partial charge is 0.309 e. The van der Waals surface area contributed by atoms with Crippen molar-refractivity contribution < 1.29 is 19.0 Å². The number of halogens is 1. The molecule has 0 saturated carbocycles. The number of imidazole rings is 1. The molecule has 0 aliphatic carbocycles. The molecule has 9 heteroatoms. The zero-order valence-electron chi connectivity index (χ0n) is 19.6. The third-order valence-electron chi connectivity index (χ3n) is 5.46. The molecule has 1 saturated heterocycles. The lowest BCUT2D eigenvalue weighted by Gasteiger charge is -2.24. The summed E-state index contributed by atoms with van der Waals surface area (Å²) in [6.45, 7) is 6.13. The number of carbonyl (C=O) groups is 1. The van der Waals surface area contributed by atoms with Crippen LogP contribution in [0.1, 0.15) is 39.4 Å². The van der Waals surface area contributed by atoms with Crippen molar-refractivity contribution in [2.45, 2.75) is 51.2 Å². The molecule has 0 radical (unpaired) electrons. The molecular formula is C25H28FN5O3. The van der Waals surface area contributed by atoms with Crippen LogP contribution >= 0.6 is 0 Å². The van der Waals surface area contributed by atoms with Crippen molar-refractivity contribution in [2.24, 2.45) is 0 Å². The molecule has 1 fully saturated rings. The first-order chi connectivity index (χ1) is 16.2. The van der Waals surface area contributed by atoms with E-state index in [0.29, 0.717) is 29.5 Å². The number of cyclic esters (lactones) is 1. The van der Waals surface area contributed by atoms with Gasteiger partial charge in [-0.25, -0.2) is 19.3 Å². The summed E-state index contributed by atoms with van der Waals surface area (Å²) in [7, 11) is 1.74. The summed E-state index contributed by atoms with van der Waals surface area (Å²) in [5, 5.41) is 12.9. The number of hydrogen-bond acceptors (Lipinski definition) is 7. The van der Waals surface area contributed by atoms with Crippen molar-refractivity contribution in [1.82, 2.24) is 19.5 Å². The number of aromatic nitrogens is 4. The molecule has 34 heavy (non-hydrogen) atoms. The molecule has 2 aromatic heterocycles. The van der Waals surface area contributed by atoms with E-state index in [1.54, 1.807) is 43.7 Å². The Balaban J connectivity index is 1.92. The number of nitrogens with zero attached hydrogens (tertiary/aromatic N) is 4. The van der Waals surface area contributed by atoms with E-state index < -0.39 is 18.2 Å². The van der Waals surface area contributed by atoms with E-state index in [2.05, 4.69) is 15.3 Å². The first kappa shape index (κ1) is 23.6. The largest absolute Gasteiger partial charge is 0.458 e. The van der Waals surface area contributed by atoms with E-state index in [1.165, 1.54) is 12.1 Å². The first-order valence-electron chi connectivity index (χ1n) is 11.1. The fourth-order valence-electron chi connectivity index (χ4n) is 3.89. The summed E-state index contributed by atoms with van der Waals surface area (Å²) in [5.74, 6) is 0.416. The van der Waals surface area contributed by atoms with Crippen LogP contribution in [0.4, 0.5) is 10.3 Å². The number of aliphatic hydroxyl groups is 1. The molecule has 0 amide bonds. The van der Waals surface area contributed by atoms with Crippen LogP contribution < -0.4 is 5.32 Å². The molecule has 0 bridgehead atoms. The van der Waals surface area contributed by atoms with Crippen LogP contribution in [0, 0.1) is 5.82 Å². The summed E-state index contributed by atoms with van der Waals surface area (Å²) in [5.41, 5.74) is 2.31. The monoisotopic (exact) mass is 465 g/mol. The van der Waals surface area contributed by atoms with Gasteiger partial charge in [-0.1, -0.05) is 20.8 Å². The lowest BCUT2D eigenvalue weighted by atomic mass is 9.95. The third-order valence-corrected chi connectivity index (χ3v) is 5.46. The summed E-state index contributed by atoms with van der Waals surface area (Å²) in [4.78, 5) is 25.5. The molecule has 2 N–H and O–H groups in total. The van der Waals surface area contributed by atoms with Gasteiger partial charge < -0.3 is 19.7 Å². The summed E-state index contributed by atoms with van der Waals surface area (Å²) < 4.78 is 21.1. The van der Waals surface area contributed by atoms with Crippen LogP contribution in [-0.4, -0.2) is 49.9 Å². The van der Waals surface area contributed by atoms with Gasteiger partial charge in [0.1, 0.15) is 23.4 Å². The molecular weight excluding hydrogens is 437 g/mol. The Kier molecular flexibility index (Phi) is 6.47. The molecule has 4 rings (SSSR count). The molecule has 3 heterocycles. The number of carbonyl (C=O) groups excluding carboxylic acids is 1. The highest BCUT2D eigenvalue weighted by molar-refractivity contribution is 5.79. The SMILES string of the molecule is CNc1nccc(-c2nc(C(C)(C)C)n(C=CC3CC(O)CC(=O)O3)c2-c2ccc(F)cc2)n1. The standard InChI is InChI=1S/C25H28FN5O3/c1-25(2,3)23-30-21(19-9-11-28-24(27-4)29-19)22(15-5-7-16(26)8-6-15)31(23)12-10-18-13-17(32)14-20(33)34-18/h5-12,17-18,32H,13-14H2,1-4H3,(H,27,28,29). The van der Waals surface area contributed by atoms with Gasteiger partial charge in [0.2, 0.25) is 5.95 Å². The van der Waals surface area contributed by atoms with E-state index in [4.69, 9.17) is 9.72 Å². The van der Waals surface area contributed by atoms with Crippen molar-refractivity contribution >= 4 is 18.1 Å². The van der Waals surface area contributed by atoms with Gasteiger partial charge in [-0.2, -0.15) is 0 Å². The zero-order valence-corrected chi connectivity index (χ0v) is 19.6. The van der Waals surface area contributed by atoms with E-state index in [9.17, 15) is 14.3 Å². The first-order valence-corrected chi connectivity index (χ1v) is 11.1. The van der Waals surface area contributed by atoms with Gasteiger partial charge in [-0.15, -0.1) is 0 Å². The Morgan fingerprint density at radius 2 is 1.94 bits per heavy atom. The van der Waals surface area contributed by atoms with Gasteiger partial charge in [0.25, 0.3) is 0 Å². The second-order valence-corrected chi connectivity index (χ2v) is 9.24. The van der Waals surface area contributed by atoms with Gasteiger partial charge in [0, 0.05) is 36.8 Å². The van der Waals surface area contributed by atoms with Gasteiger partial charge in [0.05, 0.1) is 23.9 Å². The molecule has 3 aromatic rings. The van der Waals surface area contributed by atoms with E-state index in [0.717, 1.165) is 11.4 Å². The molecule has 1 aliphatic rings. The summed E-state index contributed by atoms with van der Waals surface area (Å²) in [6, 6.07) is 7.95. The maximum absolute atomic E-state index is 13.7. The number of rotatable bonds is 5. The highest BCUT2D eigenvalue weighted by atomic mass is 19.1. The highest BCUT2D eigenvalue weighted by Gasteiger charge is 2.29. The Hall–Kier alpha value is -3.59. The summed E-state index contributed by atoms with van der Waals surface area (Å²) >= 11 is 0. The molecule has 0 spiro atoms. The molecule has 2 unspecified atom stereocenters. The van der Waals surface area contributed by atoms with Crippen LogP contribution in [0.3, 0.4) is 0 Å². The Labute approximate surface area is 197 Å². The highest BCUT2D eigenvalue weighted by Crippen LogP contribution is 2.36. The maximum Gasteiger partial charge on any atom is 0.309 e. The van der Waals surface area contributed by atoms with Gasteiger partial charge >= 0.3 is 5.97 Å². The minimum absolute atomic E-state index is 0.00482. The maximum atomic E-state index is 13.7.